The number of nitrogens with two attached hydrogens (primary N) is 1. The minimum absolute atomic E-state index is 0.407. The van der Waals surface area contributed by atoms with E-state index in [9.17, 15) is 0 Å². The van der Waals surface area contributed by atoms with Gasteiger partial charge in [-0.2, -0.15) is 0 Å². The maximum absolute atomic E-state index is 6.06. The van der Waals surface area contributed by atoms with Crippen LogP contribution in [0.3, 0.4) is 0 Å². The molecule has 2 nitrogen and oxygen atoms in total. The van der Waals surface area contributed by atoms with Crippen LogP contribution in [0, 0.1) is 5.92 Å². The molecule has 1 rings (SSSR count). The summed E-state index contributed by atoms with van der Waals surface area (Å²) in [5.41, 5.74) is 6.06. The summed E-state index contributed by atoms with van der Waals surface area (Å²) in [5.74, 6) is 0.720. The zero-order chi connectivity index (χ0) is 10.1. The van der Waals surface area contributed by atoms with Gasteiger partial charge in [-0.05, 0) is 25.1 Å². The molecule has 0 aliphatic carbocycles. The number of likely N-dealkylation sites (tertiary alicyclic amines) is 1. The topological polar surface area (TPSA) is 29.3 Å². The average Bonchev–Trinajstić information content (AvgIpc) is 1.94. The van der Waals surface area contributed by atoms with Gasteiger partial charge in [-0.1, -0.05) is 26.6 Å². The highest BCUT2D eigenvalue weighted by atomic mass is 28.3. The smallest absolute Gasteiger partial charge is 0.0599 e. The first kappa shape index (κ1) is 11.2. The molecule has 3 heteroatoms. The first-order chi connectivity index (χ1) is 5.88. The Labute approximate surface area is 83.5 Å². The number of hydrogen-bond acceptors (Lipinski definition) is 2. The first-order valence-corrected chi connectivity index (χ1v) is 9.07. The van der Waals surface area contributed by atoms with Crippen molar-refractivity contribution in [2.45, 2.75) is 39.0 Å². The highest BCUT2D eigenvalue weighted by molar-refractivity contribution is 6.76. The van der Waals surface area contributed by atoms with Gasteiger partial charge in [0.1, 0.15) is 0 Å². The minimum atomic E-state index is -0.926. The van der Waals surface area contributed by atoms with E-state index in [0.717, 1.165) is 12.5 Å². The third kappa shape index (κ3) is 3.79. The van der Waals surface area contributed by atoms with Crippen molar-refractivity contribution >= 4 is 8.07 Å². The van der Waals surface area contributed by atoms with Crippen molar-refractivity contribution in [1.82, 2.24) is 4.90 Å². The van der Waals surface area contributed by atoms with Gasteiger partial charge in [0.25, 0.3) is 0 Å². The van der Waals surface area contributed by atoms with Crippen molar-refractivity contribution in [3.63, 3.8) is 0 Å². The third-order valence-corrected chi connectivity index (χ3v) is 4.19. The predicted octanol–water partition coefficient (Wildman–Crippen LogP) is 1.53. The second kappa shape index (κ2) is 4.11. The van der Waals surface area contributed by atoms with Crippen LogP contribution in [0.2, 0.25) is 19.6 Å². The van der Waals surface area contributed by atoms with E-state index in [0.29, 0.717) is 6.04 Å². The first-order valence-electron chi connectivity index (χ1n) is 5.36. The van der Waals surface area contributed by atoms with Gasteiger partial charge in [-0.25, -0.2) is 0 Å². The summed E-state index contributed by atoms with van der Waals surface area (Å²) < 4.78 is 0. The standard InChI is InChI=1S/C10H24N2Si/c1-9-5-6-12(7-10(9)11)8-13(2,3)4/h9-10H,5-8,11H2,1-4H3. The Hall–Kier alpha value is 0.137. The molecular weight excluding hydrogens is 176 g/mol. The molecule has 1 fully saturated rings. The van der Waals surface area contributed by atoms with Gasteiger partial charge in [-0.3, -0.25) is 0 Å². The van der Waals surface area contributed by atoms with Crippen molar-refractivity contribution in [3.05, 3.63) is 0 Å². The third-order valence-electron chi connectivity index (χ3n) is 2.80. The van der Waals surface area contributed by atoms with E-state index in [1.54, 1.807) is 0 Å². The van der Waals surface area contributed by atoms with Crippen LogP contribution in [-0.2, 0) is 0 Å². The van der Waals surface area contributed by atoms with Crippen molar-refractivity contribution in [1.29, 1.82) is 0 Å². The molecule has 0 aromatic heterocycles. The van der Waals surface area contributed by atoms with Gasteiger partial charge in [0.15, 0.2) is 0 Å². The molecule has 2 unspecified atom stereocenters. The molecule has 1 saturated heterocycles. The van der Waals surface area contributed by atoms with Crippen LogP contribution in [0.5, 0.6) is 0 Å². The molecule has 2 atom stereocenters. The quantitative estimate of drug-likeness (QED) is 0.685. The maximum Gasteiger partial charge on any atom is 0.0599 e. The minimum Gasteiger partial charge on any atom is -0.326 e. The molecule has 0 radical (unpaired) electrons. The number of nitrogens with zero attached hydrogens (tertiary/aromatic N) is 1. The molecule has 78 valence electrons. The normalized spacial score (nSPS) is 32.1. The van der Waals surface area contributed by atoms with Gasteiger partial charge < -0.3 is 10.6 Å². The second-order valence-corrected chi connectivity index (χ2v) is 11.2. The highest BCUT2D eigenvalue weighted by Gasteiger charge is 2.26. The van der Waals surface area contributed by atoms with E-state index < -0.39 is 8.07 Å². The van der Waals surface area contributed by atoms with Crippen LogP contribution in [0.25, 0.3) is 0 Å². The van der Waals surface area contributed by atoms with Gasteiger partial charge in [0, 0.05) is 12.6 Å². The molecule has 0 aromatic rings. The van der Waals surface area contributed by atoms with E-state index in [4.69, 9.17) is 5.73 Å². The summed E-state index contributed by atoms with van der Waals surface area (Å²) in [4.78, 5) is 2.57. The summed E-state index contributed by atoms with van der Waals surface area (Å²) in [6.07, 6.45) is 2.60. The molecule has 0 aromatic carbocycles. The lowest BCUT2D eigenvalue weighted by Crippen LogP contribution is -2.51. The van der Waals surface area contributed by atoms with Gasteiger partial charge in [-0.15, -0.1) is 0 Å². The molecule has 0 amide bonds. The summed E-state index contributed by atoms with van der Waals surface area (Å²) in [6.45, 7) is 11.9. The Bertz CT molecular complexity index is 165. The van der Waals surface area contributed by atoms with Gasteiger partial charge in [0.2, 0.25) is 0 Å². The van der Waals surface area contributed by atoms with Crippen molar-refractivity contribution in [3.8, 4) is 0 Å². The lowest BCUT2D eigenvalue weighted by Gasteiger charge is -2.37. The van der Waals surface area contributed by atoms with Gasteiger partial charge in [0.05, 0.1) is 8.07 Å². The van der Waals surface area contributed by atoms with E-state index in [-0.39, 0.29) is 0 Å². The van der Waals surface area contributed by atoms with E-state index in [1.807, 2.05) is 0 Å². The fourth-order valence-corrected chi connectivity index (χ4v) is 3.61. The van der Waals surface area contributed by atoms with Crippen LogP contribution in [0.1, 0.15) is 13.3 Å². The summed E-state index contributed by atoms with van der Waals surface area (Å²) >= 11 is 0. The zero-order valence-corrected chi connectivity index (χ0v) is 10.5. The lowest BCUT2D eigenvalue weighted by atomic mass is 9.95. The van der Waals surface area contributed by atoms with E-state index in [1.165, 1.54) is 19.1 Å². The number of hydrogen-bond donors (Lipinski definition) is 1. The zero-order valence-electron chi connectivity index (χ0n) is 9.51. The predicted molar refractivity (Wildman–Crippen MR) is 61.5 cm³/mol. The molecule has 1 heterocycles. The molecule has 2 N–H and O–H groups in total. The summed E-state index contributed by atoms with van der Waals surface area (Å²) in [5, 5.41) is 0. The summed E-state index contributed by atoms with van der Waals surface area (Å²) in [7, 11) is -0.926. The maximum atomic E-state index is 6.06. The highest BCUT2D eigenvalue weighted by Crippen LogP contribution is 2.17. The number of rotatable bonds is 2. The Morgan fingerprint density at radius 2 is 2.00 bits per heavy atom. The molecule has 0 spiro atoms. The van der Waals surface area contributed by atoms with E-state index in [2.05, 4.69) is 31.5 Å². The summed E-state index contributed by atoms with van der Waals surface area (Å²) in [6, 6.07) is 0.407. The van der Waals surface area contributed by atoms with Crippen LogP contribution < -0.4 is 5.73 Å². The van der Waals surface area contributed by atoms with Gasteiger partial charge >= 0.3 is 0 Å². The van der Waals surface area contributed by atoms with Crippen LogP contribution in [0.15, 0.2) is 0 Å². The monoisotopic (exact) mass is 200 g/mol. The lowest BCUT2D eigenvalue weighted by molar-refractivity contribution is 0.189. The fourth-order valence-electron chi connectivity index (χ4n) is 1.98. The Morgan fingerprint density at radius 3 is 2.46 bits per heavy atom. The van der Waals surface area contributed by atoms with Crippen LogP contribution in [-0.4, -0.2) is 38.3 Å². The van der Waals surface area contributed by atoms with Crippen molar-refractivity contribution < 1.29 is 0 Å². The Kier molecular flexibility index (Phi) is 3.55. The average molecular weight is 200 g/mol. The molecule has 0 bridgehead atoms. The molecule has 0 saturated carbocycles. The SMILES string of the molecule is CC1CCN(C[Si](C)(C)C)CC1N. The van der Waals surface area contributed by atoms with Crippen LogP contribution >= 0.6 is 0 Å². The Balaban J connectivity index is 2.38. The Morgan fingerprint density at radius 1 is 1.38 bits per heavy atom. The molecular formula is C10H24N2Si. The second-order valence-electron chi connectivity index (χ2n) is 5.73. The fraction of sp³-hybridized carbons (Fsp3) is 1.00. The number of piperidine rings is 1. The van der Waals surface area contributed by atoms with E-state index >= 15 is 0 Å². The molecule has 1 aliphatic rings. The van der Waals surface area contributed by atoms with Crippen molar-refractivity contribution in [2.24, 2.45) is 11.7 Å². The van der Waals surface area contributed by atoms with Crippen LogP contribution in [0.4, 0.5) is 0 Å². The molecule has 13 heavy (non-hydrogen) atoms. The molecule has 1 aliphatic heterocycles. The van der Waals surface area contributed by atoms with Crippen molar-refractivity contribution in [2.75, 3.05) is 19.3 Å². The largest absolute Gasteiger partial charge is 0.326 e.